The SMILES string of the molecule is N=C(c1ccc(Oc2ccccc2)cc1)c1c(N)ncnc1NC1CCN(C2CN(C3CN(C=O)C3)C2)CC1. The molecule has 1 amide bonds. The van der Waals surface area contributed by atoms with Crippen LogP contribution in [-0.2, 0) is 4.79 Å². The van der Waals surface area contributed by atoms with Crippen molar-refractivity contribution in [1.82, 2.24) is 24.7 Å². The van der Waals surface area contributed by atoms with E-state index in [1.165, 1.54) is 6.33 Å². The fourth-order valence-corrected chi connectivity index (χ4v) is 5.64. The summed E-state index contributed by atoms with van der Waals surface area (Å²) in [6, 6.07) is 18.4. The van der Waals surface area contributed by atoms with Gasteiger partial charge in [0.15, 0.2) is 0 Å². The molecule has 0 saturated carbocycles. The van der Waals surface area contributed by atoms with Crippen molar-refractivity contribution in [2.24, 2.45) is 0 Å². The summed E-state index contributed by atoms with van der Waals surface area (Å²) < 4.78 is 5.89. The third-order valence-corrected chi connectivity index (χ3v) is 8.08. The minimum atomic E-state index is 0.257. The lowest BCUT2D eigenvalue weighted by Gasteiger charge is -2.54. The number of amides is 1. The van der Waals surface area contributed by atoms with Gasteiger partial charge in [0.2, 0.25) is 6.41 Å². The van der Waals surface area contributed by atoms with Gasteiger partial charge in [-0.15, -0.1) is 0 Å². The van der Waals surface area contributed by atoms with Gasteiger partial charge in [0.05, 0.1) is 11.3 Å². The summed E-state index contributed by atoms with van der Waals surface area (Å²) in [7, 11) is 0. The molecule has 4 heterocycles. The van der Waals surface area contributed by atoms with Gasteiger partial charge in [0.25, 0.3) is 0 Å². The Hall–Kier alpha value is -4.02. The van der Waals surface area contributed by atoms with Crippen molar-refractivity contribution in [1.29, 1.82) is 5.41 Å². The number of likely N-dealkylation sites (tertiary alicyclic amines) is 3. The Morgan fingerprint density at radius 3 is 2.28 bits per heavy atom. The molecule has 0 radical (unpaired) electrons. The number of carbonyl (C=O) groups excluding carboxylic acids is 1. The predicted octanol–water partition coefficient (Wildman–Crippen LogP) is 2.67. The first-order chi connectivity index (χ1) is 19.1. The normalized spacial score (nSPS) is 19.2. The predicted molar refractivity (Wildman–Crippen MR) is 150 cm³/mol. The molecule has 3 saturated heterocycles. The Kier molecular flexibility index (Phi) is 7.12. The van der Waals surface area contributed by atoms with Crippen molar-refractivity contribution in [3.8, 4) is 11.5 Å². The Balaban J connectivity index is 1.04. The monoisotopic (exact) mass is 526 g/mol. The van der Waals surface area contributed by atoms with Gasteiger partial charge in [-0.05, 0) is 49.2 Å². The number of carbonyl (C=O) groups is 1. The molecule has 0 bridgehead atoms. The van der Waals surface area contributed by atoms with Gasteiger partial charge >= 0.3 is 0 Å². The van der Waals surface area contributed by atoms with E-state index >= 15 is 0 Å². The van der Waals surface area contributed by atoms with E-state index in [4.69, 9.17) is 15.9 Å². The van der Waals surface area contributed by atoms with E-state index in [2.05, 4.69) is 25.1 Å². The molecule has 4 N–H and O–H groups in total. The number of benzene rings is 2. The third kappa shape index (κ3) is 5.43. The molecule has 1 aromatic heterocycles. The van der Waals surface area contributed by atoms with Crippen LogP contribution in [0.1, 0.15) is 24.0 Å². The molecule has 2 aromatic carbocycles. The zero-order valence-corrected chi connectivity index (χ0v) is 21.9. The smallest absolute Gasteiger partial charge is 0.209 e. The van der Waals surface area contributed by atoms with Gasteiger partial charge in [0, 0.05) is 63.0 Å². The van der Waals surface area contributed by atoms with Crippen LogP contribution in [-0.4, -0.2) is 94.2 Å². The molecule has 10 heteroatoms. The van der Waals surface area contributed by atoms with Crippen LogP contribution < -0.4 is 15.8 Å². The van der Waals surface area contributed by atoms with E-state index in [9.17, 15) is 4.79 Å². The summed E-state index contributed by atoms with van der Waals surface area (Å²) in [5.74, 6) is 2.36. The van der Waals surface area contributed by atoms with Crippen LogP contribution in [0.25, 0.3) is 0 Å². The lowest BCUT2D eigenvalue weighted by atomic mass is 9.96. The molecule has 3 aromatic rings. The second-order valence-corrected chi connectivity index (χ2v) is 10.6. The summed E-state index contributed by atoms with van der Waals surface area (Å²) in [5.41, 5.74) is 7.78. The molecule has 202 valence electrons. The highest BCUT2D eigenvalue weighted by Gasteiger charge is 2.41. The van der Waals surface area contributed by atoms with Crippen molar-refractivity contribution in [3.63, 3.8) is 0 Å². The molecule has 3 aliphatic rings. The summed E-state index contributed by atoms with van der Waals surface area (Å²) in [6.07, 6.45) is 4.40. The summed E-state index contributed by atoms with van der Waals surface area (Å²) in [4.78, 5) is 26.4. The quantitative estimate of drug-likeness (QED) is 0.287. The van der Waals surface area contributed by atoms with Crippen LogP contribution in [0, 0.1) is 5.41 Å². The largest absolute Gasteiger partial charge is 0.457 e. The number of piperidine rings is 1. The van der Waals surface area contributed by atoms with Crippen LogP contribution in [0.5, 0.6) is 11.5 Å². The molecule has 39 heavy (non-hydrogen) atoms. The maximum Gasteiger partial charge on any atom is 0.209 e. The van der Waals surface area contributed by atoms with E-state index in [0.29, 0.717) is 40.6 Å². The molecule has 0 spiro atoms. The minimum Gasteiger partial charge on any atom is -0.457 e. The van der Waals surface area contributed by atoms with Gasteiger partial charge < -0.3 is 20.7 Å². The van der Waals surface area contributed by atoms with Crippen LogP contribution in [0.3, 0.4) is 0 Å². The van der Waals surface area contributed by atoms with Crippen molar-refractivity contribution >= 4 is 23.8 Å². The number of nitrogens with zero attached hydrogens (tertiary/aromatic N) is 5. The highest BCUT2D eigenvalue weighted by Crippen LogP contribution is 2.28. The average molecular weight is 527 g/mol. The highest BCUT2D eigenvalue weighted by molar-refractivity contribution is 6.16. The first kappa shape index (κ1) is 25.3. The van der Waals surface area contributed by atoms with E-state index in [-0.39, 0.29) is 11.8 Å². The Morgan fingerprint density at radius 1 is 0.923 bits per heavy atom. The summed E-state index contributed by atoms with van der Waals surface area (Å²) in [5, 5.41) is 12.5. The van der Waals surface area contributed by atoms with Crippen LogP contribution >= 0.6 is 0 Å². The molecule has 0 aliphatic carbocycles. The van der Waals surface area contributed by atoms with Crippen LogP contribution in [0.2, 0.25) is 0 Å². The Morgan fingerprint density at radius 2 is 1.59 bits per heavy atom. The number of hydrogen-bond acceptors (Lipinski definition) is 9. The maximum atomic E-state index is 10.8. The number of hydrogen-bond donors (Lipinski definition) is 3. The first-order valence-electron chi connectivity index (χ1n) is 13.5. The molecule has 0 unspecified atom stereocenters. The fourth-order valence-electron chi connectivity index (χ4n) is 5.64. The Bertz CT molecular complexity index is 1300. The van der Waals surface area contributed by atoms with Crippen molar-refractivity contribution < 1.29 is 9.53 Å². The van der Waals surface area contributed by atoms with E-state index in [1.807, 2.05) is 59.5 Å². The van der Waals surface area contributed by atoms with Crippen LogP contribution in [0.4, 0.5) is 11.6 Å². The van der Waals surface area contributed by atoms with E-state index in [1.54, 1.807) is 0 Å². The number of ether oxygens (including phenoxy) is 1. The number of para-hydroxylation sites is 1. The van der Waals surface area contributed by atoms with Crippen molar-refractivity contribution in [3.05, 3.63) is 72.1 Å². The molecular formula is C29H34N8O2. The average Bonchev–Trinajstić information content (AvgIpc) is 2.91. The van der Waals surface area contributed by atoms with Gasteiger partial charge in [-0.1, -0.05) is 18.2 Å². The van der Waals surface area contributed by atoms with Gasteiger partial charge in [-0.3, -0.25) is 20.0 Å². The summed E-state index contributed by atoms with van der Waals surface area (Å²) >= 11 is 0. The zero-order chi connectivity index (χ0) is 26.8. The van der Waals surface area contributed by atoms with Crippen molar-refractivity contribution in [2.45, 2.75) is 31.0 Å². The number of nitrogens with one attached hydrogen (secondary N) is 2. The number of rotatable bonds is 9. The number of nitrogen functional groups attached to an aromatic ring is 1. The Labute approximate surface area is 228 Å². The molecule has 10 nitrogen and oxygen atoms in total. The fraction of sp³-hybridized carbons (Fsp3) is 0.379. The minimum absolute atomic E-state index is 0.257. The molecule has 0 atom stereocenters. The zero-order valence-electron chi connectivity index (χ0n) is 21.9. The first-order valence-corrected chi connectivity index (χ1v) is 13.5. The third-order valence-electron chi connectivity index (χ3n) is 8.08. The lowest BCUT2D eigenvalue weighted by molar-refractivity contribution is -0.128. The highest BCUT2D eigenvalue weighted by atomic mass is 16.5. The molecule has 6 rings (SSSR count). The number of nitrogens with two attached hydrogens (primary N) is 1. The number of aromatic nitrogens is 2. The maximum absolute atomic E-state index is 10.8. The topological polar surface area (TPSA) is 124 Å². The van der Waals surface area contributed by atoms with E-state index in [0.717, 1.165) is 64.3 Å². The molecular weight excluding hydrogens is 492 g/mol. The van der Waals surface area contributed by atoms with Crippen molar-refractivity contribution in [2.75, 3.05) is 50.3 Å². The van der Waals surface area contributed by atoms with Gasteiger partial charge in [0.1, 0.15) is 29.5 Å². The van der Waals surface area contributed by atoms with Gasteiger partial charge in [-0.2, -0.15) is 0 Å². The van der Waals surface area contributed by atoms with Gasteiger partial charge in [-0.25, -0.2) is 9.97 Å². The second kappa shape index (κ2) is 11.0. The summed E-state index contributed by atoms with van der Waals surface area (Å²) in [6.45, 7) is 5.97. The molecule has 3 aliphatic heterocycles. The molecule has 3 fully saturated rings. The lowest BCUT2D eigenvalue weighted by Crippen LogP contribution is -2.69. The van der Waals surface area contributed by atoms with Crippen LogP contribution in [0.15, 0.2) is 60.9 Å². The standard InChI is InChI=1S/C29H34N8O2/c30-27(20-6-8-25(9-7-20)39-24-4-2-1-3-5-24)26-28(31)32-18-33-29(26)34-21-10-12-36(13-11-21)23-16-37(17-23)22-14-35(15-22)19-38/h1-9,18-19,21-23,30H,10-17H2,(H3,31,32,33,34). The van der Waals surface area contributed by atoms with E-state index < -0.39 is 0 Å². The number of anilines is 2. The second-order valence-electron chi connectivity index (χ2n) is 10.6.